The van der Waals surface area contributed by atoms with E-state index in [1.165, 1.54) is 12.1 Å². The molecule has 5 nitrogen and oxygen atoms in total. The summed E-state index contributed by atoms with van der Waals surface area (Å²) in [5.41, 5.74) is 0.683. The molecule has 0 radical (unpaired) electrons. The molecule has 102 valence electrons. The number of para-hydroxylation sites is 1. The van der Waals surface area contributed by atoms with E-state index in [9.17, 15) is 10.1 Å². The van der Waals surface area contributed by atoms with Crippen LogP contribution in [0.25, 0.3) is 6.08 Å². The van der Waals surface area contributed by atoms with Gasteiger partial charge in [-0.15, -0.1) is 0 Å². The molecule has 0 atom stereocenters. The van der Waals surface area contributed by atoms with Crippen LogP contribution in [0.1, 0.15) is 12.5 Å². The first-order valence-electron chi connectivity index (χ1n) is 5.81. The Bertz CT molecular complexity index is 671. The minimum absolute atomic E-state index is 0.0118. The van der Waals surface area contributed by atoms with E-state index in [1.807, 2.05) is 31.2 Å². The fourth-order valence-electron chi connectivity index (χ4n) is 1.62. The van der Waals surface area contributed by atoms with E-state index in [0.29, 0.717) is 5.75 Å². The molecule has 0 fully saturated rings. The predicted octanol–water partition coefficient (Wildman–Crippen LogP) is 4.47. The number of allylic oxidation sites excluding steroid dienone is 1. The second kappa shape index (κ2) is 6.16. The lowest BCUT2D eigenvalue weighted by molar-refractivity contribution is -0.385. The van der Waals surface area contributed by atoms with Gasteiger partial charge in [-0.3, -0.25) is 10.1 Å². The normalized spacial score (nSPS) is 10.7. The van der Waals surface area contributed by atoms with Gasteiger partial charge in [0.05, 0.1) is 17.1 Å². The van der Waals surface area contributed by atoms with Gasteiger partial charge in [-0.05, 0) is 13.0 Å². The first-order valence-corrected chi connectivity index (χ1v) is 6.19. The van der Waals surface area contributed by atoms with Crippen molar-refractivity contribution in [3.05, 3.63) is 63.3 Å². The average Bonchev–Trinajstić information content (AvgIpc) is 2.40. The van der Waals surface area contributed by atoms with Gasteiger partial charge < -0.3 is 4.74 Å². The number of rotatable bonds is 4. The fourth-order valence-corrected chi connectivity index (χ4v) is 1.82. The third kappa shape index (κ3) is 3.33. The highest BCUT2D eigenvalue weighted by molar-refractivity contribution is 6.29. The molecule has 0 unspecified atom stereocenters. The van der Waals surface area contributed by atoms with E-state index in [4.69, 9.17) is 16.3 Å². The molecular formula is C14H11ClN2O3. The van der Waals surface area contributed by atoms with Gasteiger partial charge in [0.15, 0.2) is 0 Å². The standard InChI is InChI=1S/C14H11ClN2O3/c1-2-5-10-6-3-4-7-12(10)20-14-9-11(17(18)19)8-13(15)16-14/h2-9H,1H3/b5-2+. The lowest BCUT2D eigenvalue weighted by Gasteiger charge is -2.08. The Morgan fingerprint density at radius 3 is 2.80 bits per heavy atom. The molecule has 6 heteroatoms. The van der Waals surface area contributed by atoms with Crippen molar-refractivity contribution in [2.24, 2.45) is 0 Å². The van der Waals surface area contributed by atoms with Crippen molar-refractivity contribution in [2.75, 3.05) is 0 Å². The number of ether oxygens (including phenoxy) is 1. The van der Waals surface area contributed by atoms with Crippen LogP contribution in [0, 0.1) is 10.1 Å². The molecule has 1 aromatic heterocycles. The third-order valence-electron chi connectivity index (χ3n) is 2.45. The molecule has 0 spiro atoms. The molecule has 2 rings (SSSR count). The smallest absolute Gasteiger partial charge is 0.277 e. The lowest BCUT2D eigenvalue weighted by atomic mass is 10.2. The SMILES string of the molecule is C/C=C/c1ccccc1Oc1cc([N+](=O)[O-])cc(Cl)n1. The maximum atomic E-state index is 10.8. The predicted molar refractivity (Wildman–Crippen MR) is 77.1 cm³/mol. The maximum absolute atomic E-state index is 10.8. The van der Waals surface area contributed by atoms with Crippen molar-refractivity contribution < 1.29 is 9.66 Å². The first-order chi connectivity index (χ1) is 9.60. The summed E-state index contributed by atoms with van der Waals surface area (Å²) in [6.45, 7) is 1.89. The number of halogens is 1. The average molecular weight is 291 g/mol. The molecule has 2 aromatic rings. The topological polar surface area (TPSA) is 65.3 Å². The molecule has 0 amide bonds. The monoisotopic (exact) mass is 290 g/mol. The summed E-state index contributed by atoms with van der Waals surface area (Å²) in [4.78, 5) is 14.2. The fraction of sp³-hybridized carbons (Fsp3) is 0.0714. The van der Waals surface area contributed by atoms with Crippen molar-refractivity contribution in [1.82, 2.24) is 4.98 Å². The summed E-state index contributed by atoms with van der Waals surface area (Å²) in [5, 5.41) is 10.8. The van der Waals surface area contributed by atoms with Crippen molar-refractivity contribution in [1.29, 1.82) is 0 Å². The van der Waals surface area contributed by atoms with E-state index in [2.05, 4.69) is 4.98 Å². The molecule has 0 bridgehead atoms. The summed E-state index contributed by atoms with van der Waals surface area (Å²) >= 11 is 5.75. The lowest BCUT2D eigenvalue weighted by Crippen LogP contribution is -1.94. The molecule has 0 saturated heterocycles. The Morgan fingerprint density at radius 1 is 1.35 bits per heavy atom. The molecule has 0 aliphatic heterocycles. The molecular weight excluding hydrogens is 280 g/mol. The van der Waals surface area contributed by atoms with Gasteiger partial charge in [0, 0.05) is 5.56 Å². The van der Waals surface area contributed by atoms with Crippen LogP contribution in [-0.4, -0.2) is 9.91 Å². The second-order valence-electron chi connectivity index (χ2n) is 3.88. The summed E-state index contributed by atoms with van der Waals surface area (Å²) in [6, 6.07) is 9.71. The largest absolute Gasteiger partial charge is 0.438 e. The van der Waals surface area contributed by atoms with Crippen LogP contribution in [0.15, 0.2) is 42.5 Å². The maximum Gasteiger partial charge on any atom is 0.277 e. The van der Waals surface area contributed by atoms with Gasteiger partial charge in [-0.1, -0.05) is 42.0 Å². The molecule has 0 aliphatic rings. The van der Waals surface area contributed by atoms with E-state index in [-0.39, 0.29) is 16.7 Å². The zero-order valence-electron chi connectivity index (χ0n) is 10.6. The number of hydrogen-bond acceptors (Lipinski definition) is 4. The minimum atomic E-state index is -0.543. The summed E-state index contributed by atoms with van der Waals surface area (Å²) in [5.74, 6) is 0.635. The Balaban J connectivity index is 2.37. The van der Waals surface area contributed by atoms with Crippen molar-refractivity contribution in [2.45, 2.75) is 6.92 Å². The van der Waals surface area contributed by atoms with Gasteiger partial charge in [0.1, 0.15) is 10.9 Å². The highest BCUT2D eigenvalue weighted by Crippen LogP contribution is 2.28. The quantitative estimate of drug-likeness (QED) is 0.473. The van der Waals surface area contributed by atoms with Crippen molar-refractivity contribution >= 4 is 23.4 Å². The molecule has 0 aliphatic carbocycles. The van der Waals surface area contributed by atoms with E-state index < -0.39 is 4.92 Å². The number of pyridine rings is 1. The Hall–Kier alpha value is -2.40. The molecule has 0 N–H and O–H groups in total. The summed E-state index contributed by atoms with van der Waals surface area (Å²) in [7, 11) is 0. The van der Waals surface area contributed by atoms with Crippen LogP contribution in [0.2, 0.25) is 5.15 Å². The first kappa shape index (κ1) is 14.0. The summed E-state index contributed by atoms with van der Waals surface area (Å²) < 4.78 is 5.58. The molecule has 0 saturated carbocycles. The van der Waals surface area contributed by atoms with Crippen LogP contribution < -0.4 is 4.74 Å². The van der Waals surface area contributed by atoms with Gasteiger partial charge in [-0.2, -0.15) is 0 Å². The van der Waals surface area contributed by atoms with Crippen molar-refractivity contribution in [3.63, 3.8) is 0 Å². The van der Waals surface area contributed by atoms with Crippen LogP contribution in [-0.2, 0) is 0 Å². The van der Waals surface area contributed by atoms with Gasteiger partial charge in [0.2, 0.25) is 5.88 Å². The Labute approximate surface area is 120 Å². The van der Waals surface area contributed by atoms with Gasteiger partial charge >= 0.3 is 0 Å². The van der Waals surface area contributed by atoms with Gasteiger partial charge in [-0.25, -0.2) is 4.98 Å². The zero-order valence-corrected chi connectivity index (χ0v) is 11.4. The zero-order chi connectivity index (χ0) is 14.5. The number of benzene rings is 1. The number of hydrogen-bond donors (Lipinski definition) is 0. The van der Waals surface area contributed by atoms with E-state index in [0.717, 1.165) is 5.56 Å². The van der Waals surface area contributed by atoms with E-state index in [1.54, 1.807) is 12.1 Å². The third-order valence-corrected chi connectivity index (χ3v) is 2.64. The van der Waals surface area contributed by atoms with E-state index >= 15 is 0 Å². The molecule has 1 heterocycles. The number of nitro groups is 1. The second-order valence-corrected chi connectivity index (χ2v) is 4.27. The highest BCUT2D eigenvalue weighted by atomic mass is 35.5. The molecule has 20 heavy (non-hydrogen) atoms. The van der Waals surface area contributed by atoms with Crippen LogP contribution in [0.5, 0.6) is 11.6 Å². The number of aromatic nitrogens is 1. The summed E-state index contributed by atoms with van der Waals surface area (Å²) in [6.07, 6.45) is 3.74. The van der Waals surface area contributed by atoms with Crippen LogP contribution >= 0.6 is 11.6 Å². The van der Waals surface area contributed by atoms with Crippen LogP contribution in [0.3, 0.4) is 0 Å². The molecule has 1 aromatic carbocycles. The van der Waals surface area contributed by atoms with Gasteiger partial charge in [0.25, 0.3) is 5.69 Å². The van der Waals surface area contributed by atoms with Crippen LogP contribution in [0.4, 0.5) is 5.69 Å². The highest BCUT2D eigenvalue weighted by Gasteiger charge is 2.12. The van der Waals surface area contributed by atoms with Crippen molar-refractivity contribution in [3.8, 4) is 11.6 Å². The Kier molecular flexibility index (Phi) is 4.32. The Morgan fingerprint density at radius 2 is 2.10 bits per heavy atom. The minimum Gasteiger partial charge on any atom is -0.438 e. The number of nitrogens with zero attached hydrogens (tertiary/aromatic N) is 2.